The molecule has 2 N–H and O–H groups in total. The fourth-order valence-electron chi connectivity index (χ4n) is 3.31. The zero-order valence-corrected chi connectivity index (χ0v) is 12.5. The summed E-state index contributed by atoms with van der Waals surface area (Å²) in [6, 6.07) is 15.2. The number of hydrogen-bond donors (Lipinski definition) is 2. The van der Waals surface area contributed by atoms with Gasteiger partial charge in [-0.25, -0.2) is 0 Å². The summed E-state index contributed by atoms with van der Waals surface area (Å²) in [6.07, 6.45) is 4.44. The molecule has 1 aliphatic carbocycles. The van der Waals surface area contributed by atoms with Crippen LogP contribution in [0.3, 0.4) is 0 Å². The first-order valence-corrected chi connectivity index (χ1v) is 7.76. The fourth-order valence-corrected chi connectivity index (χ4v) is 3.48. The molecule has 1 aliphatic rings. The summed E-state index contributed by atoms with van der Waals surface area (Å²) in [4.78, 5) is 3.30. The van der Waals surface area contributed by atoms with E-state index in [1.807, 2.05) is 12.1 Å². The topological polar surface area (TPSA) is 27.8 Å². The average molecular weight is 297 g/mol. The van der Waals surface area contributed by atoms with Crippen molar-refractivity contribution in [2.45, 2.75) is 25.4 Å². The van der Waals surface area contributed by atoms with E-state index >= 15 is 0 Å². The maximum Gasteiger partial charge on any atom is 0.0472 e. The number of benzene rings is 2. The highest BCUT2D eigenvalue weighted by molar-refractivity contribution is 6.31. The molecule has 2 aromatic carbocycles. The third kappa shape index (κ3) is 2.35. The molecule has 2 nitrogen and oxygen atoms in total. The molecule has 1 atom stereocenters. The SMILES string of the molecule is Clc1ccc2c(CNC3CCc4ccccc43)c[nH]c2c1. The van der Waals surface area contributed by atoms with Crippen LogP contribution in [-0.4, -0.2) is 4.98 Å². The Labute approximate surface area is 129 Å². The van der Waals surface area contributed by atoms with Crippen LogP contribution in [0.5, 0.6) is 0 Å². The highest BCUT2D eigenvalue weighted by Gasteiger charge is 2.21. The Morgan fingerprint density at radius 1 is 1.19 bits per heavy atom. The molecule has 0 aliphatic heterocycles. The maximum atomic E-state index is 6.03. The summed E-state index contributed by atoms with van der Waals surface area (Å²) in [5.41, 5.74) is 5.35. The van der Waals surface area contributed by atoms with Crippen molar-refractivity contribution in [2.24, 2.45) is 0 Å². The van der Waals surface area contributed by atoms with E-state index in [0.717, 1.165) is 17.1 Å². The third-order valence-electron chi connectivity index (χ3n) is 4.40. The van der Waals surface area contributed by atoms with Gasteiger partial charge in [0.1, 0.15) is 0 Å². The van der Waals surface area contributed by atoms with Gasteiger partial charge in [0, 0.05) is 34.7 Å². The Hall–Kier alpha value is -1.77. The normalized spacial score (nSPS) is 17.3. The van der Waals surface area contributed by atoms with Crippen molar-refractivity contribution in [1.29, 1.82) is 0 Å². The zero-order chi connectivity index (χ0) is 14.2. The van der Waals surface area contributed by atoms with Gasteiger partial charge in [0.25, 0.3) is 0 Å². The van der Waals surface area contributed by atoms with E-state index in [-0.39, 0.29) is 0 Å². The van der Waals surface area contributed by atoms with E-state index < -0.39 is 0 Å². The second-order valence-electron chi connectivity index (χ2n) is 5.67. The Morgan fingerprint density at radius 3 is 3.05 bits per heavy atom. The second-order valence-corrected chi connectivity index (χ2v) is 6.11. The van der Waals surface area contributed by atoms with Crippen LogP contribution in [0, 0.1) is 0 Å². The van der Waals surface area contributed by atoms with Crippen LogP contribution >= 0.6 is 11.6 Å². The third-order valence-corrected chi connectivity index (χ3v) is 4.64. The van der Waals surface area contributed by atoms with E-state index in [2.05, 4.69) is 46.8 Å². The van der Waals surface area contributed by atoms with Gasteiger partial charge in [-0.05, 0) is 41.7 Å². The van der Waals surface area contributed by atoms with Crippen LogP contribution in [0.2, 0.25) is 5.02 Å². The van der Waals surface area contributed by atoms with Crippen molar-refractivity contribution in [3.05, 3.63) is 70.4 Å². The van der Waals surface area contributed by atoms with E-state index in [0.29, 0.717) is 6.04 Å². The largest absolute Gasteiger partial charge is 0.361 e. The molecule has 1 unspecified atom stereocenters. The number of H-pyrrole nitrogens is 1. The monoisotopic (exact) mass is 296 g/mol. The summed E-state index contributed by atoms with van der Waals surface area (Å²) in [7, 11) is 0. The van der Waals surface area contributed by atoms with Gasteiger partial charge in [0.15, 0.2) is 0 Å². The molecular weight excluding hydrogens is 280 g/mol. The molecule has 0 spiro atoms. The zero-order valence-electron chi connectivity index (χ0n) is 11.7. The lowest BCUT2D eigenvalue weighted by Crippen LogP contribution is -2.18. The number of fused-ring (bicyclic) bond motifs is 2. The predicted molar refractivity (Wildman–Crippen MR) is 87.7 cm³/mol. The smallest absolute Gasteiger partial charge is 0.0472 e. The van der Waals surface area contributed by atoms with Gasteiger partial charge in [0.2, 0.25) is 0 Å². The highest BCUT2D eigenvalue weighted by atomic mass is 35.5. The van der Waals surface area contributed by atoms with E-state index in [1.54, 1.807) is 0 Å². The molecular formula is C18H17ClN2. The molecule has 0 saturated heterocycles. The second kappa shape index (κ2) is 5.21. The molecule has 1 aromatic heterocycles. The minimum atomic E-state index is 0.471. The van der Waals surface area contributed by atoms with Gasteiger partial charge in [-0.1, -0.05) is 41.9 Å². The Balaban J connectivity index is 1.54. The molecule has 3 heteroatoms. The van der Waals surface area contributed by atoms with Gasteiger partial charge in [-0.3, -0.25) is 0 Å². The highest BCUT2D eigenvalue weighted by Crippen LogP contribution is 2.31. The van der Waals surface area contributed by atoms with Gasteiger partial charge < -0.3 is 10.3 Å². The molecule has 106 valence electrons. The molecule has 0 radical (unpaired) electrons. The molecule has 0 bridgehead atoms. The molecule has 21 heavy (non-hydrogen) atoms. The van der Waals surface area contributed by atoms with Crippen molar-refractivity contribution in [3.8, 4) is 0 Å². The minimum absolute atomic E-state index is 0.471. The molecule has 4 rings (SSSR count). The first-order chi connectivity index (χ1) is 10.3. The number of aryl methyl sites for hydroxylation is 1. The van der Waals surface area contributed by atoms with Gasteiger partial charge in [-0.2, -0.15) is 0 Å². The van der Waals surface area contributed by atoms with Gasteiger partial charge in [-0.15, -0.1) is 0 Å². The van der Waals surface area contributed by atoms with Crippen LogP contribution in [0.4, 0.5) is 0 Å². The number of hydrogen-bond acceptors (Lipinski definition) is 1. The number of nitrogens with one attached hydrogen (secondary N) is 2. The van der Waals surface area contributed by atoms with Crippen molar-refractivity contribution < 1.29 is 0 Å². The lowest BCUT2D eigenvalue weighted by atomic mass is 10.1. The van der Waals surface area contributed by atoms with Crippen LogP contribution < -0.4 is 5.32 Å². The lowest BCUT2D eigenvalue weighted by molar-refractivity contribution is 0.531. The van der Waals surface area contributed by atoms with E-state index in [9.17, 15) is 0 Å². The first-order valence-electron chi connectivity index (χ1n) is 7.38. The summed E-state index contributed by atoms with van der Waals surface area (Å²) in [5.74, 6) is 0. The molecule has 0 fully saturated rings. The van der Waals surface area contributed by atoms with Crippen molar-refractivity contribution in [2.75, 3.05) is 0 Å². The van der Waals surface area contributed by atoms with Gasteiger partial charge >= 0.3 is 0 Å². The van der Waals surface area contributed by atoms with Crippen LogP contribution in [0.15, 0.2) is 48.7 Å². The Bertz CT molecular complexity index is 791. The Morgan fingerprint density at radius 2 is 2.10 bits per heavy atom. The first kappa shape index (κ1) is 12.9. The van der Waals surface area contributed by atoms with E-state index in [4.69, 9.17) is 11.6 Å². The molecule has 1 heterocycles. The van der Waals surface area contributed by atoms with E-state index in [1.165, 1.54) is 34.9 Å². The van der Waals surface area contributed by atoms with Crippen LogP contribution in [0.25, 0.3) is 10.9 Å². The summed E-state index contributed by atoms with van der Waals surface area (Å²) < 4.78 is 0. The number of halogens is 1. The maximum absolute atomic E-state index is 6.03. The molecule has 3 aromatic rings. The van der Waals surface area contributed by atoms with Crippen molar-refractivity contribution in [3.63, 3.8) is 0 Å². The lowest BCUT2D eigenvalue weighted by Gasteiger charge is -2.13. The van der Waals surface area contributed by atoms with Crippen LogP contribution in [-0.2, 0) is 13.0 Å². The quantitative estimate of drug-likeness (QED) is 0.726. The standard InChI is InChI=1S/C18H17ClN2/c19-14-6-7-16-13(11-21-18(16)9-14)10-20-17-8-5-12-3-1-2-4-15(12)17/h1-4,6-7,9,11,17,20-21H,5,8,10H2. The number of aromatic amines is 1. The van der Waals surface area contributed by atoms with Gasteiger partial charge in [0.05, 0.1) is 0 Å². The van der Waals surface area contributed by atoms with Crippen molar-refractivity contribution in [1.82, 2.24) is 10.3 Å². The fraction of sp³-hybridized carbons (Fsp3) is 0.222. The molecule has 0 saturated carbocycles. The average Bonchev–Trinajstić information content (AvgIpc) is 3.08. The minimum Gasteiger partial charge on any atom is -0.361 e. The summed E-state index contributed by atoms with van der Waals surface area (Å²) in [6.45, 7) is 0.876. The summed E-state index contributed by atoms with van der Waals surface area (Å²) in [5, 5.41) is 5.71. The summed E-state index contributed by atoms with van der Waals surface area (Å²) >= 11 is 6.03. The molecule has 0 amide bonds. The number of rotatable bonds is 3. The Kier molecular flexibility index (Phi) is 3.21. The van der Waals surface area contributed by atoms with Crippen molar-refractivity contribution >= 4 is 22.5 Å². The number of aromatic nitrogens is 1. The predicted octanol–water partition coefficient (Wildman–Crippen LogP) is 4.60. The van der Waals surface area contributed by atoms with Crippen LogP contribution in [0.1, 0.15) is 29.2 Å².